The summed E-state index contributed by atoms with van der Waals surface area (Å²) in [6.07, 6.45) is 1.79. The minimum Gasteiger partial charge on any atom is -0.493 e. The molecule has 18 heavy (non-hydrogen) atoms. The number of fused-ring (bicyclic) bond motifs is 1. The zero-order valence-corrected chi connectivity index (χ0v) is 11.5. The first kappa shape index (κ1) is 13.4. The smallest absolute Gasteiger partial charge is 0.126 e. The molecular weight excluding hydrogens is 226 g/mol. The summed E-state index contributed by atoms with van der Waals surface area (Å²) in [6.45, 7) is 7.43. The lowest BCUT2D eigenvalue weighted by atomic mass is 9.97. The van der Waals surface area contributed by atoms with Crippen molar-refractivity contribution in [3.63, 3.8) is 0 Å². The van der Waals surface area contributed by atoms with Crippen molar-refractivity contribution in [2.75, 3.05) is 13.2 Å². The average molecular weight is 249 g/mol. The van der Waals surface area contributed by atoms with Crippen molar-refractivity contribution in [2.24, 2.45) is 0 Å². The third kappa shape index (κ3) is 3.03. The molecule has 2 rings (SSSR count). The molecule has 100 valence electrons. The van der Waals surface area contributed by atoms with E-state index in [1.54, 1.807) is 0 Å². The van der Waals surface area contributed by atoms with Crippen LogP contribution in [-0.4, -0.2) is 24.4 Å². The quantitative estimate of drug-likeness (QED) is 0.864. The van der Waals surface area contributed by atoms with Gasteiger partial charge in [0.05, 0.1) is 12.7 Å². The third-order valence-corrected chi connectivity index (χ3v) is 3.37. The number of benzene rings is 1. The molecule has 0 spiro atoms. The standard InChI is InChI=1S/C15H23NO2/c1-10-7-11(2)15-13(8-10)14(5-4-6-18-15)16-9-12(3)17/h7-8,12,14,16-17H,4-6,9H2,1-3H3. The Morgan fingerprint density at radius 3 is 2.94 bits per heavy atom. The molecule has 2 unspecified atom stereocenters. The summed E-state index contributed by atoms with van der Waals surface area (Å²) in [7, 11) is 0. The largest absolute Gasteiger partial charge is 0.493 e. The van der Waals surface area contributed by atoms with Crippen LogP contribution in [0.5, 0.6) is 5.75 Å². The van der Waals surface area contributed by atoms with Gasteiger partial charge in [-0.2, -0.15) is 0 Å². The Hall–Kier alpha value is -1.06. The van der Waals surface area contributed by atoms with Gasteiger partial charge in [0.15, 0.2) is 0 Å². The van der Waals surface area contributed by atoms with E-state index in [0.29, 0.717) is 6.54 Å². The van der Waals surface area contributed by atoms with Crippen LogP contribution in [0.15, 0.2) is 12.1 Å². The molecule has 0 saturated carbocycles. The van der Waals surface area contributed by atoms with Gasteiger partial charge in [0.25, 0.3) is 0 Å². The van der Waals surface area contributed by atoms with Crippen LogP contribution < -0.4 is 10.1 Å². The topological polar surface area (TPSA) is 41.5 Å². The third-order valence-electron chi connectivity index (χ3n) is 3.37. The van der Waals surface area contributed by atoms with E-state index in [4.69, 9.17) is 4.74 Å². The van der Waals surface area contributed by atoms with E-state index >= 15 is 0 Å². The van der Waals surface area contributed by atoms with E-state index in [1.807, 2.05) is 6.92 Å². The number of aryl methyl sites for hydroxylation is 2. The summed E-state index contributed by atoms with van der Waals surface area (Å²) in [5, 5.41) is 12.9. The predicted molar refractivity (Wildman–Crippen MR) is 73.1 cm³/mol. The lowest BCUT2D eigenvalue weighted by Gasteiger charge is -2.21. The Labute approximate surface area is 109 Å². The number of hydrogen-bond acceptors (Lipinski definition) is 3. The molecule has 0 saturated heterocycles. The summed E-state index contributed by atoms with van der Waals surface area (Å²) in [4.78, 5) is 0. The molecule has 2 atom stereocenters. The molecule has 1 aromatic carbocycles. The maximum atomic E-state index is 9.42. The molecule has 0 amide bonds. The van der Waals surface area contributed by atoms with Crippen molar-refractivity contribution < 1.29 is 9.84 Å². The molecule has 2 N–H and O–H groups in total. The van der Waals surface area contributed by atoms with Crippen LogP contribution in [0.25, 0.3) is 0 Å². The highest BCUT2D eigenvalue weighted by Gasteiger charge is 2.21. The normalized spacial score (nSPS) is 20.8. The van der Waals surface area contributed by atoms with E-state index in [0.717, 1.165) is 25.2 Å². The van der Waals surface area contributed by atoms with Crippen molar-refractivity contribution in [3.05, 3.63) is 28.8 Å². The van der Waals surface area contributed by atoms with E-state index in [9.17, 15) is 5.11 Å². The van der Waals surface area contributed by atoms with E-state index in [2.05, 4.69) is 31.3 Å². The second kappa shape index (κ2) is 5.72. The van der Waals surface area contributed by atoms with Crippen LogP contribution in [0, 0.1) is 13.8 Å². The summed E-state index contributed by atoms with van der Waals surface area (Å²) < 4.78 is 5.87. The van der Waals surface area contributed by atoms with Crippen molar-refractivity contribution in [1.82, 2.24) is 5.32 Å². The van der Waals surface area contributed by atoms with Gasteiger partial charge in [0, 0.05) is 18.2 Å². The van der Waals surface area contributed by atoms with Crippen molar-refractivity contribution >= 4 is 0 Å². The van der Waals surface area contributed by atoms with Gasteiger partial charge in [0.1, 0.15) is 5.75 Å². The number of ether oxygens (including phenoxy) is 1. The van der Waals surface area contributed by atoms with Crippen LogP contribution in [-0.2, 0) is 0 Å². The molecule has 0 fully saturated rings. The Morgan fingerprint density at radius 1 is 1.44 bits per heavy atom. The summed E-state index contributed by atoms with van der Waals surface area (Å²) in [5.41, 5.74) is 3.71. The van der Waals surface area contributed by atoms with Gasteiger partial charge in [-0.3, -0.25) is 0 Å². The van der Waals surface area contributed by atoms with Gasteiger partial charge >= 0.3 is 0 Å². The summed E-state index contributed by atoms with van der Waals surface area (Å²) >= 11 is 0. The fraction of sp³-hybridized carbons (Fsp3) is 0.600. The zero-order valence-electron chi connectivity index (χ0n) is 11.5. The molecule has 3 heteroatoms. The van der Waals surface area contributed by atoms with Crippen LogP contribution in [0.4, 0.5) is 0 Å². The molecule has 0 aliphatic carbocycles. The van der Waals surface area contributed by atoms with E-state index in [-0.39, 0.29) is 12.1 Å². The van der Waals surface area contributed by atoms with Crippen molar-refractivity contribution in [2.45, 2.75) is 45.8 Å². The Morgan fingerprint density at radius 2 is 2.22 bits per heavy atom. The SMILES string of the molecule is Cc1cc(C)c2c(c1)C(NCC(C)O)CCCO2. The summed E-state index contributed by atoms with van der Waals surface area (Å²) in [6, 6.07) is 4.65. The van der Waals surface area contributed by atoms with Crippen LogP contribution in [0.1, 0.15) is 42.5 Å². The fourth-order valence-corrected chi connectivity index (χ4v) is 2.59. The molecule has 0 radical (unpaired) electrons. The van der Waals surface area contributed by atoms with Gasteiger partial charge < -0.3 is 15.2 Å². The molecule has 1 aliphatic heterocycles. The average Bonchev–Trinajstić information content (AvgIpc) is 2.48. The van der Waals surface area contributed by atoms with Gasteiger partial charge in [0.2, 0.25) is 0 Å². The molecule has 0 aromatic heterocycles. The first-order chi connectivity index (χ1) is 8.58. The van der Waals surface area contributed by atoms with Gasteiger partial charge in [-0.05, 0) is 39.2 Å². The molecule has 3 nitrogen and oxygen atoms in total. The monoisotopic (exact) mass is 249 g/mol. The Balaban J connectivity index is 2.28. The minimum absolute atomic E-state index is 0.288. The number of aliphatic hydroxyl groups is 1. The van der Waals surface area contributed by atoms with E-state index < -0.39 is 0 Å². The lowest BCUT2D eigenvalue weighted by Crippen LogP contribution is -2.28. The van der Waals surface area contributed by atoms with Crippen molar-refractivity contribution in [3.8, 4) is 5.75 Å². The first-order valence-corrected chi connectivity index (χ1v) is 6.73. The number of rotatable bonds is 3. The molecule has 1 aromatic rings. The maximum absolute atomic E-state index is 9.42. The molecule has 1 heterocycles. The van der Waals surface area contributed by atoms with Gasteiger partial charge in [-0.1, -0.05) is 17.7 Å². The molecule has 1 aliphatic rings. The van der Waals surface area contributed by atoms with Crippen LogP contribution >= 0.6 is 0 Å². The second-order valence-corrected chi connectivity index (χ2v) is 5.30. The molecule has 0 bridgehead atoms. The van der Waals surface area contributed by atoms with Gasteiger partial charge in [-0.15, -0.1) is 0 Å². The molecular formula is C15H23NO2. The number of aliphatic hydroxyl groups excluding tert-OH is 1. The maximum Gasteiger partial charge on any atom is 0.126 e. The lowest BCUT2D eigenvalue weighted by molar-refractivity contribution is 0.185. The highest BCUT2D eigenvalue weighted by atomic mass is 16.5. The fourth-order valence-electron chi connectivity index (χ4n) is 2.59. The predicted octanol–water partition coefficient (Wildman–Crippen LogP) is 2.49. The van der Waals surface area contributed by atoms with E-state index in [1.165, 1.54) is 16.7 Å². The highest BCUT2D eigenvalue weighted by molar-refractivity contribution is 5.46. The van der Waals surface area contributed by atoms with Crippen LogP contribution in [0.3, 0.4) is 0 Å². The van der Waals surface area contributed by atoms with Crippen molar-refractivity contribution in [1.29, 1.82) is 0 Å². The zero-order chi connectivity index (χ0) is 13.1. The highest BCUT2D eigenvalue weighted by Crippen LogP contribution is 2.35. The number of nitrogens with one attached hydrogen (secondary N) is 1. The first-order valence-electron chi connectivity index (χ1n) is 6.73. The number of hydrogen-bond donors (Lipinski definition) is 2. The minimum atomic E-state index is -0.316. The second-order valence-electron chi connectivity index (χ2n) is 5.30. The van der Waals surface area contributed by atoms with Gasteiger partial charge in [-0.25, -0.2) is 0 Å². The Bertz CT molecular complexity index is 415. The van der Waals surface area contributed by atoms with Crippen LogP contribution in [0.2, 0.25) is 0 Å². The Kier molecular flexibility index (Phi) is 4.25. The summed E-state index contributed by atoms with van der Waals surface area (Å²) in [5.74, 6) is 1.03.